The summed E-state index contributed by atoms with van der Waals surface area (Å²) in [6, 6.07) is 20.4. The maximum atomic E-state index is 13.3. The van der Waals surface area contributed by atoms with Crippen LogP contribution in [0.2, 0.25) is 0 Å². The van der Waals surface area contributed by atoms with Crippen molar-refractivity contribution in [3.05, 3.63) is 111 Å². The van der Waals surface area contributed by atoms with Crippen LogP contribution in [0.4, 0.5) is 0 Å². The average molecular weight is 457 g/mol. The Morgan fingerprint density at radius 1 is 1.00 bits per heavy atom. The first kappa shape index (κ1) is 22.2. The molecule has 0 spiro atoms. The van der Waals surface area contributed by atoms with Gasteiger partial charge in [-0.05, 0) is 36.8 Å². The molecule has 0 saturated heterocycles. The lowest BCUT2D eigenvalue weighted by Crippen LogP contribution is -2.21. The second-order valence-corrected chi connectivity index (χ2v) is 9.94. The summed E-state index contributed by atoms with van der Waals surface area (Å²) in [5, 5.41) is 9.77. The molecule has 1 heterocycles. The van der Waals surface area contributed by atoms with Crippen molar-refractivity contribution in [2.45, 2.75) is 18.4 Å². The van der Waals surface area contributed by atoms with Gasteiger partial charge in [0.2, 0.25) is 5.43 Å². The topological polar surface area (TPSA) is 97.0 Å². The summed E-state index contributed by atoms with van der Waals surface area (Å²) in [5.41, 5.74) is 2.35. The van der Waals surface area contributed by atoms with Gasteiger partial charge in [0.05, 0.1) is 33.0 Å². The highest BCUT2D eigenvalue weighted by Crippen LogP contribution is 2.20. The number of hydrogen-bond acceptors (Lipinski definition) is 5. The third kappa shape index (κ3) is 4.34. The molecule has 0 atom stereocenters. The predicted octanol–water partition coefficient (Wildman–Crippen LogP) is 3.86. The maximum absolute atomic E-state index is 13.3. The summed E-state index contributed by atoms with van der Waals surface area (Å²) in [6.45, 7) is 2.19. The molecule has 164 valence electrons. The zero-order valence-electron chi connectivity index (χ0n) is 18.1. The number of ketones is 1. The second kappa shape index (κ2) is 8.49. The van der Waals surface area contributed by atoms with Gasteiger partial charge in [-0.15, -0.1) is 0 Å². The zero-order valence-corrected chi connectivity index (χ0v) is 18.9. The van der Waals surface area contributed by atoms with Gasteiger partial charge in [-0.3, -0.25) is 9.59 Å². The standard InChI is InChI=1S/C26H20N2O4S/c1-17-6-10-19(11-7-17)25(29)22-16-28(15-18-8-12-21(13-9-18)33(2,31)32)23-5-3-4-20(14-27)24(23)26(22)30/h3-13,16H,15H2,1-2H3. The lowest BCUT2D eigenvalue weighted by molar-refractivity contribution is 0.103. The fraction of sp³-hybridized carbons (Fsp3) is 0.115. The highest BCUT2D eigenvalue weighted by molar-refractivity contribution is 7.90. The Labute approximate surface area is 191 Å². The molecule has 0 aliphatic rings. The molecular weight excluding hydrogens is 436 g/mol. The number of fused-ring (bicyclic) bond motifs is 1. The monoisotopic (exact) mass is 456 g/mol. The smallest absolute Gasteiger partial charge is 0.201 e. The third-order valence-corrected chi connectivity index (χ3v) is 6.62. The van der Waals surface area contributed by atoms with Crippen molar-refractivity contribution < 1.29 is 13.2 Å². The van der Waals surface area contributed by atoms with Crippen molar-refractivity contribution in [1.82, 2.24) is 4.57 Å². The van der Waals surface area contributed by atoms with Crippen molar-refractivity contribution in [3.63, 3.8) is 0 Å². The van der Waals surface area contributed by atoms with E-state index in [4.69, 9.17) is 0 Å². The van der Waals surface area contributed by atoms with E-state index in [9.17, 15) is 23.3 Å². The number of carbonyl (C=O) groups is 1. The van der Waals surface area contributed by atoms with Gasteiger partial charge in [0.1, 0.15) is 0 Å². The van der Waals surface area contributed by atoms with E-state index < -0.39 is 21.0 Å². The number of aromatic nitrogens is 1. The van der Waals surface area contributed by atoms with Gasteiger partial charge in [0.25, 0.3) is 0 Å². The highest BCUT2D eigenvalue weighted by atomic mass is 32.2. The molecular formula is C26H20N2O4S. The number of hydrogen-bond donors (Lipinski definition) is 0. The average Bonchev–Trinajstić information content (AvgIpc) is 2.80. The third-order valence-electron chi connectivity index (χ3n) is 5.49. The van der Waals surface area contributed by atoms with Crippen molar-refractivity contribution in [2.24, 2.45) is 0 Å². The molecule has 0 N–H and O–H groups in total. The molecule has 0 radical (unpaired) electrons. The Kier molecular flexibility index (Phi) is 5.71. The van der Waals surface area contributed by atoms with E-state index in [-0.39, 0.29) is 28.0 Å². The van der Waals surface area contributed by atoms with Crippen LogP contribution in [0.15, 0.2) is 82.6 Å². The zero-order chi connectivity index (χ0) is 23.8. The number of sulfone groups is 1. The molecule has 6 nitrogen and oxygen atoms in total. The first-order chi connectivity index (χ1) is 15.7. The molecule has 0 unspecified atom stereocenters. The minimum absolute atomic E-state index is 0.0261. The van der Waals surface area contributed by atoms with Gasteiger partial charge in [0.15, 0.2) is 15.6 Å². The van der Waals surface area contributed by atoms with Crippen molar-refractivity contribution in [1.29, 1.82) is 5.26 Å². The highest BCUT2D eigenvalue weighted by Gasteiger charge is 2.19. The van der Waals surface area contributed by atoms with E-state index in [0.717, 1.165) is 17.4 Å². The SMILES string of the molecule is Cc1ccc(C(=O)c2cn(Cc3ccc(S(C)(=O)=O)cc3)c3cccc(C#N)c3c2=O)cc1. The molecule has 0 aliphatic carbocycles. The number of benzene rings is 3. The number of nitrogens with zero attached hydrogens (tertiary/aromatic N) is 2. The van der Waals surface area contributed by atoms with Crippen LogP contribution in [0.25, 0.3) is 10.9 Å². The van der Waals surface area contributed by atoms with Gasteiger partial charge in [-0.1, -0.05) is 48.0 Å². The molecule has 3 aromatic carbocycles. The van der Waals surface area contributed by atoms with E-state index in [0.29, 0.717) is 11.1 Å². The van der Waals surface area contributed by atoms with Crippen LogP contribution in [-0.4, -0.2) is 25.0 Å². The van der Waals surface area contributed by atoms with Crippen LogP contribution >= 0.6 is 0 Å². The van der Waals surface area contributed by atoms with Gasteiger partial charge in [-0.2, -0.15) is 5.26 Å². The van der Waals surface area contributed by atoms with Crippen LogP contribution in [0.1, 0.15) is 32.6 Å². The van der Waals surface area contributed by atoms with Crippen LogP contribution < -0.4 is 5.43 Å². The first-order valence-electron chi connectivity index (χ1n) is 10.2. The summed E-state index contributed by atoms with van der Waals surface area (Å²) < 4.78 is 25.2. The van der Waals surface area contributed by atoms with Gasteiger partial charge in [0, 0.05) is 24.6 Å². The Bertz CT molecular complexity index is 1590. The molecule has 0 bridgehead atoms. The fourth-order valence-electron chi connectivity index (χ4n) is 3.72. The minimum Gasteiger partial charge on any atom is -0.342 e. The molecule has 1 aromatic heterocycles. The summed E-state index contributed by atoms with van der Waals surface area (Å²) in [4.78, 5) is 26.7. The van der Waals surface area contributed by atoms with Crippen LogP contribution in [0.3, 0.4) is 0 Å². The van der Waals surface area contributed by atoms with Gasteiger partial charge in [-0.25, -0.2) is 8.42 Å². The molecule has 4 rings (SSSR count). The summed E-state index contributed by atoms with van der Waals surface area (Å²) >= 11 is 0. The molecule has 0 fully saturated rings. The van der Waals surface area contributed by atoms with Crippen LogP contribution in [0.5, 0.6) is 0 Å². The van der Waals surface area contributed by atoms with Crippen molar-refractivity contribution >= 4 is 26.5 Å². The maximum Gasteiger partial charge on any atom is 0.201 e. The van der Waals surface area contributed by atoms with Gasteiger partial charge >= 0.3 is 0 Å². The number of pyridine rings is 1. The van der Waals surface area contributed by atoms with E-state index in [2.05, 4.69) is 0 Å². The number of rotatable bonds is 5. The molecule has 33 heavy (non-hydrogen) atoms. The Balaban J connectivity index is 1.89. The van der Waals surface area contributed by atoms with Crippen LogP contribution in [0, 0.1) is 18.3 Å². The van der Waals surface area contributed by atoms with Gasteiger partial charge < -0.3 is 4.57 Å². The Morgan fingerprint density at radius 2 is 1.67 bits per heavy atom. The van der Waals surface area contributed by atoms with Crippen molar-refractivity contribution in [3.8, 4) is 6.07 Å². The fourth-order valence-corrected chi connectivity index (χ4v) is 4.35. The molecule has 0 aliphatic heterocycles. The summed E-state index contributed by atoms with van der Waals surface area (Å²) in [6.07, 6.45) is 2.65. The number of aryl methyl sites for hydroxylation is 1. The number of nitriles is 1. The Hall–Kier alpha value is -4.02. The summed E-state index contributed by atoms with van der Waals surface area (Å²) in [7, 11) is -3.32. The minimum atomic E-state index is -3.32. The van der Waals surface area contributed by atoms with E-state index in [1.165, 1.54) is 18.3 Å². The molecule has 4 aromatic rings. The Morgan fingerprint density at radius 3 is 2.27 bits per heavy atom. The lowest BCUT2D eigenvalue weighted by atomic mass is 9.99. The van der Waals surface area contributed by atoms with E-state index in [1.54, 1.807) is 59.2 Å². The molecule has 7 heteroatoms. The second-order valence-electron chi connectivity index (χ2n) is 7.92. The van der Waals surface area contributed by atoms with E-state index in [1.807, 2.05) is 13.0 Å². The molecule has 0 saturated carbocycles. The first-order valence-corrected chi connectivity index (χ1v) is 12.0. The quantitative estimate of drug-likeness (QED) is 0.425. The van der Waals surface area contributed by atoms with Crippen molar-refractivity contribution in [2.75, 3.05) is 6.26 Å². The molecule has 0 amide bonds. The normalized spacial score (nSPS) is 11.3. The lowest BCUT2D eigenvalue weighted by Gasteiger charge is -2.14. The predicted molar refractivity (Wildman–Crippen MR) is 126 cm³/mol. The van der Waals surface area contributed by atoms with Crippen LogP contribution in [-0.2, 0) is 16.4 Å². The summed E-state index contributed by atoms with van der Waals surface area (Å²) in [5.74, 6) is -0.421. The number of carbonyl (C=O) groups excluding carboxylic acids is 1. The van der Waals surface area contributed by atoms with E-state index >= 15 is 0 Å². The largest absolute Gasteiger partial charge is 0.342 e.